The minimum Gasteiger partial charge on any atom is -0.370 e. The fourth-order valence-electron chi connectivity index (χ4n) is 1.70. The van der Waals surface area contributed by atoms with Gasteiger partial charge < -0.3 is 10.2 Å². The molecule has 0 aromatic carbocycles. The monoisotopic (exact) mass is 308 g/mol. The summed E-state index contributed by atoms with van der Waals surface area (Å²) in [6, 6.07) is 1.56. The van der Waals surface area contributed by atoms with Crippen molar-refractivity contribution >= 4 is 23.4 Å². The molecule has 0 radical (unpaired) electrons. The molecule has 1 N–H and O–H groups in total. The molecule has 0 saturated carbocycles. The molecule has 0 saturated heterocycles. The fraction of sp³-hybridized carbons (Fsp3) is 0.667. The number of alkyl halides is 3. The highest BCUT2D eigenvalue weighted by Crippen LogP contribution is 2.24. The third-order valence-corrected chi connectivity index (χ3v) is 2.97. The predicted octanol–water partition coefficient (Wildman–Crippen LogP) is 3.41. The van der Waals surface area contributed by atoms with E-state index in [-0.39, 0.29) is 0 Å². The van der Waals surface area contributed by atoms with Gasteiger partial charge in [0.05, 0.1) is 0 Å². The molecule has 0 aliphatic rings. The van der Waals surface area contributed by atoms with E-state index in [4.69, 9.17) is 0 Å². The smallest absolute Gasteiger partial charge is 0.370 e. The second kappa shape index (κ2) is 7.56. The van der Waals surface area contributed by atoms with E-state index >= 15 is 0 Å². The van der Waals surface area contributed by atoms with Gasteiger partial charge in [0, 0.05) is 19.2 Å². The van der Waals surface area contributed by atoms with E-state index in [1.807, 2.05) is 13.8 Å². The first-order valence-electron chi connectivity index (χ1n) is 6.38. The number of nitrogens with one attached hydrogen (secondary N) is 1. The zero-order valence-electron chi connectivity index (χ0n) is 11.8. The number of hydrogen-bond donors (Lipinski definition) is 1. The summed E-state index contributed by atoms with van der Waals surface area (Å²) in [6.45, 7) is 3.69. The summed E-state index contributed by atoms with van der Waals surface area (Å²) in [6.07, 6.45) is -1.84. The van der Waals surface area contributed by atoms with Crippen LogP contribution in [0.15, 0.2) is 11.2 Å². The molecule has 1 aromatic rings. The van der Waals surface area contributed by atoms with E-state index in [9.17, 15) is 13.2 Å². The topological polar surface area (TPSA) is 41.0 Å². The van der Waals surface area contributed by atoms with Gasteiger partial charge in [-0.2, -0.15) is 13.2 Å². The molecule has 114 valence electrons. The molecule has 4 nitrogen and oxygen atoms in total. The summed E-state index contributed by atoms with van der Waals surface area (Å²) in [5.74, 6) is 0.851. The second-order valence-corrected chi connectivity index (χ2v) is 4.94. The van der Waals surface area contributed by atoms with Gasteiger partial charge >= 0.3 is 6.18 Å². The molecule has 0 bridgehead atoms. The van der Waals surface area contributed by atoms with Gasteiger partial charge in [-0.1, -0.05) is 18.7 Å². The molecule has 1 aromatic heterocycles. The molecule has 1 rings (SSSR count). The lowest BCUT2D eigenvalue weighted by atomic mass is 10.3. The quantitative estimate of drug-likeness (QED) is 0.617. The Hall–Kier alpha value is -1.18. The van der Waals surface area contributed by atoms with Gasteiger partial charge in [-0.3, -0.25) is 0 Å². The highest BCUT2D eigenvalue weighted by atomic mass is 32.2. The maximum absolute atomic E-state index is 12.6. The van der Waals surface area contributed by atoms with Gasteiger partial charge in [0.1, 0.15) is 18.2 Å². The predicted molar refractivity (Wildman–Crippen MR) is 76.5 cm³/mol. The summed E-state index contributed by atoms with van der Waals surface area (Å²) >= 11 is 1.31. The van der Waals surface area contributed by atoms with Crippen molar-refractivity contribution in [2.24, 2.45) is 0 Å². The van der Waals surface area contributed by atoms with Crippen LogP contribution in [0.5, 0.6) is 0 Å². The van der Waals surface area contributed by atoms with Crippen LogP contribution in [0.1, 0.15) is 20.3 Å². The first kappa shape index (κ1) is 16.9. The Labute approximate surface area is 121 Å². The summed E-state index contributed by atoms with van der Waals surface area (Å²) in [4.78, 5) is 9.63. The van der Waals surface area contributed by atoms with Gasteiger partial charge in [-0.25, -0.2) is 9.97 Å². The van der Waals surface area contributed by atoms with Gasteiger partial charge in [0.2, 0.25) is 0 Å². The number of rotatable bonds is 7. The van der Waals surface area contributed by atoms with Crippen molar-refractivity contribution in [2.45, 2.75) is 31.6 Å². The largest absolute Gasteiger partial charge is 0.405 e. The maximum atomic E-state index is 12.6. The zero-order valence-corrected chi connectivity index (χ0v) is 12.6. The molecular formula is C12H19F3N4S. The van der Waals surface area contributed by atoms with Crippen molar-refractivity contribution in [1.82, 2.24) is 9.97 Å². The lowest BCUT2D eigenvalue weighted by Crippen LogP contribution is -2.35. The molecule has 0 aliphatic heterocycles. The summed E-state index contributed by atoms with van der Waals surface area (Å²) < 4.78 is 37.9. The fourth-order valence-corrected chi connectivity index (χ4v) is 2.07. The summed E-state index contributed by atoms with van der Waals surface area (Å²) in [5, 5.41) is 3.47. The van der Waals surface area contributed by atoms with Crippen molar-refractivity contribution in [3.63, 3.8) is 0 Å². The normalized spacial score (nSPS) is 11.5. The molecule has 1 heterocycles. The van der Waals surface area contributed by atoms with Crippen LogP contribution in [0, 0.1) is 0 Å². The van der Waals surface area contributed by atoms with E-state index in [0.29, 0.717) is 36.3 Å². The average molecular weight is 308 g/mol. The van der Waals surface area contributed by atoms with Gasteiger partial charge in [0.25, 0.3) is 0 Å². The van der Waals surface area contributed by atoms with E-state index in [1.165, 1.54) is 16.7 Å². The Balaban J connectivity index is 3.07. The highest BCUT2D eigenvalue weighted by Gasteiger charge is 2.31. The van der Waals surface area contributed by atoms with Crippen LogP contribution in [0.25, 0.3) is 0 Å². The number of nitrogens with zero attached hydrogens (tertiary/aromatic N) is 3. The maximum Gasteiger partial charge on any atom is 0.405 e. The van der Waals surface area contributed by atoms with Crippen molar-refractivity contribution in [1.29, 1.82) is 0 Å². The number of thioether (sulfide) groups is 1. The Morgan fingerprint density at radius 1 is 1.30 bits per heavy atom. The lowest BCUT2D eigenvalue weighted by Gasteiger charge is -2.25. The van der Waals surface area contributed by atoms with Crippen LogP contribution >= 0.6 is 11.8 Å². The van der Waals surface area contributed by atoms with Crippen molar-refractivity contribution < 1.29 is 13.2 Å². The van der Waals surface area contributed by atoms with Crippen molar-refractivity contribution in [3.8, 4) is 0 Å². The zero-order chi connectivity index (χ0) is 15.2. The molecule has 20 heavy (non-hydrogen) atoms. The highest BCUT2D eigenvalue weighted by molar-refractivity contribution is 7.98. The third-order valence-electron chi connectivity index (χ3n) is 2.42. The lowest BCUT2D eigenvalue weighted by molar-refractivity contribution is -0.119. The van der Waals surface area contributed by atoms with Gasteiger partial charge in [0.15, 0.2) is 5.16 Å². The second-order valence-electron chi connectivity index (χ2n) is 4.17. The van der Waals surface area contributed by atoms with Gasteiger partial charge in [-0.15, -0.1) is 0 Å². The molecule has 0 spiro atoms. The number of hydrogen-bond acceptors (Lipinski definition) is 5. The Kier molecular flexibility index (Phi) is 6.38. The average Bonchev–Trinajstić information content (AvgIpc) is 2.36. The van der Waals surface area contributed by atoms with Crippen molar-refractivity contribution in [2.75, 3.05) is 36.1 Å². The van der Waals surface area contributed by atoms with Crippen LogP contribution in [-0.2, 0) is 0 Å². The SMILES string of the molecule is CCCN(CC(F)(F)F)c1cc(NCC)nc(SC)n1. The molecule has 0 fully saturated rings. The number of aromatic nitrogens is 2. The van der Waals surface area contributed by atoms with E-state index < -0.39 is 12.7 Å². The molecule has 0 unspecified atom stereocenters. The molecule has 0 amide bonds. The first-order valence-corrected chi connectivity index (χ1v) is 7.60. The Morgan fingerprint density at radius 3 is 2.50 bits per heavy atom. The van der Waals surface area contributed by atoms with E-state index in [0.717, 1.165) is 0 Å². The molecule has 0 atom stereocenters. The van der Waals surface area contributed by atoms with Crippen LogP contribution < -0.4 is 10.2 Å². The van der Waals surface area contributed by atoms with Crippen molar-refractivity contribution in [3.05, 3.63) is 6.07 Å². The summed E-state index contributed by atoms with van der Waals surface area (Å²) in [7, 11) is 0. The third kappa shape index (κ3) is 5.44. The minimum atomic E-state index is -4.25. The molecule has 8 heteroatoms. The van der Waals surface area contributed by atoms with Crippen LogP contribution in [-0.4, -0.2) is 42.0 Å². The Bertz CT molecular complexity index is 426. The molecule has 0 aliphatic carbocycles. The molecular weight excluding hydrogens is 289 g/mol. The number of halogens is 3. The standard InChI is InChI=1S/C12H19F3N4S/c1-4-6-19(8-12(13,14)15)10-7-9(16-5-2)17-11(18-10)20-3/h7H,4-6,8H2,1-3H3,(H,16,17,18). The Morgan fingerprint density at radius 2 is 2.00 bits per heavy atom. The van der Waals surface area contributed by atoms with E-state index in [2.05, 4.69) is 15.3 Å². The summed E-state index contributed by atoms with van der Waals surface area (Å²) in [5.41, 5.74) is 0. The minimum absolute atomic E-state index is 0.301. The first-order chi connectivity index (χ1) is 9.39. The van der Waals surface area contributed by atoms with Crippen LogP contribution in [0.3, 0.4) is 0 Å². The number of anilines is 2. The van der Waals surface area contributed by atoms with Crippen LogP contribution in [0.2, 0.25) is 0 Å². The van der Waals surface area contributed by atoms with Crippen LogP contribution in [0.4, 0.5) is 24.8 Å². The van der Waals surface area contributed by atoms with Gasteiger partial charge in [-0.05, 0) is 19.6 Å². The van der Waals surface area contributed by atoms with E-state index in [1.54, 1.807) is 12.3 Å².